The monoisotopic (exact) mass is 304 g/mol. The number of carbonyl (C=O) groups is 1. The SMILES string of the molecule is O=Cc1cccc(-c2ccccc2OCc2ccccc2)c1O. The van der Waals surface area contributed by atoms with Gasteiger partial charge in [-0.2, -0.15) is 0 Å². The maximum Gasteiger partial charge on any atom is 0.153 e. The van der Waals surface area contributed by atoms with E-state index < -0.39 is 0 Å². The summed E-state index contributed by atoms with van der Waals surface area (Å²) < 4.78 is 5.91. The molecule has 1 N–H and O–H groups in total. The summed E-state index contributed by atoms with van der Waals surface area (Å²) in [7, 11) is 0. The van der Waals surface area contributed by atoms with E-state index in [1.807, 2.05) is 54.6 Å². The highest BCUT2D eigenvalue weighted by Crippen LogP contribution is 2.37. The fourth-order valence-electron chi connectivity index (χ4n) is 2.42. The molecule has 3 nitrogen and oxygen atoms in total. The Balaban J connectivity index is 1.94. The molecule has 0 saturated carbocycles. The molecule has 0 saturated heterocycles. The Hall–Kier alpha value is -3.07. The van der Waals surface area contributed by atoms with E-state index in [1.54, 1.807) is 18.2 Å². The third-order valence-electron chi connectivity index (χ3n) is 3.61. The van der Waals surface area contributed by atoms with Crippen molar-refractivity contribution < 1.29 is 14.6 Å². The molecule has 3 heteroatoms. The number of phenolic OH excluding ortho intramolecular Hbond substituents is 1. The third kappa shape index (κ3) is 3.24. The topological polar surface area (TPSA) is 46.5 Å². The quantitative estimate of drug-likeness (QED) is 0.708. The van der Waals surface area contributed by atoms with Gasteiger partial charge >= 0.3 is 0 Å². The molecule has 0 aliphatic rings. The summed E-state index contributed by atoms with van der Waals surface area (Å²) >= 11 is 0. The van der Waals surface area contributed by atoms with Crippen molar-refractivity contribution in [3.8, 4) is 22.6 Å². The van der Waals surface area contributed by atoms with E-state index in [0.717, 1.165) is 11.1 Å². The number of aromatic hydroxyl groups is 1. The zero-order valence-electron chi connectivity index (χ0n) is 12.5. The Morgan fingerprint density at radius 1 is 0.826 bits per heavy atom. The first kappa shape index (κ1) is 14.9. The van der Waals surface area contributed by atoms with Crippen molar-refractivity contribution in [2.75, 3.05) is 0 Å². The number of ether oxygens (including phenoxy) is 1. The first-order valence-electron chi connectivity index (χ1n) is 7.33. The van der Waals surface area contributed by atoms with Crippen LogP contribution in [0.2, 0.25) is 0 Å². The van der Waals surface area contributed by atoms with Gasteiger partial charge in [-0.1, -0.05) is 60.7 Å². The summed E-state index contributed by atoms with van der Waals surface area (Å²) in [6.07, 6.45) is 0.645. The van der Waals surface area contributed by atoms with Gasteiger partial charge in [-0.15, -0.1) is 0 Å². The fraction of sp³-hybridized carbons (Fsp3) is 0.0500. The maximum absolute atomic E-state index is 11.0. The van der Waals surface area contributed by atoms with Gasteiger partial charge in [0.05, 0.1) is 5.56 Å². The van der Waals surface area contributed by atoms with E-state index >= 15 is 0 Å². The van der Waals surface area contributed by atoms with Gasteiger partial charge in [-0.25, -0.2) is 0 Å². The predicted octanol–water partition coefficient (Wildman–Crippen LogP) is 4.45. The van der Waals surface area contributed by atoms with Gasteiger partial charge in [0.2, 0.25) is 0 Å². The molecular formula is C20H16O3. The molecule has 3 aromatic carbocycles. The molecule has 0 spiro atoms. The lowest BCUT2D eigenvalue weighted by atomic mass is 10.0. The molecule has 3 rings (SSSR count). The smallest absolute Gasteiger partial charge is 0.153 e. The lowest BCUT2D eigenvalue weighted by Crippen LogP contribution is -1.97. The lowest BCUT2D eigenvalue weighted by molar-refractivity contribution is 0.112. The highest BCUT2D eigenvalue weighted by atomic mass is 16.5. The molecular weight excluding hydrogens is 288 g/mol. The Bertz CT molecular complexity index is 810. The molecule has 0 aliphatic carbocycles. The van der Waals surface area contributed by atoms with Gasteiger partial charge in [-0.3, -0.25) is 4.79 Å². The molecule has 23 heavy (non-hydrogen) atoms. The minimum Gasteiger partial charge on any atom is -0.507 e. The summed E-state index contributed by atoms with van der Waals surface area (Å²) in [6.45, 7) is 0.436. The highest BCUT2D eigenvalue weighted by molar-refractivity contribution is 5.87. The minimum absolute atomic E-state index is 0.0294. The first-order valence-corrected chi connectivity index (χ1v) is 7.33. The van der Waals surface area contributed by atoms with Crippen molar-refractivity contribution in [1.82, 2.24) is 0 Å². The van der Waals surface area contributed by atoms with E-state index in [9.17, 15) is 9.90 Å². The number of aldehydes is 1. The van der Waals surface area contributed by atoms with Crippen molar-refractivity contribution in [2.24, 2.45) is 0 Å². The Morgan fingerprint density at radius 2 is 1.52 bits per heavy atom. The predicted molar refractivity (Wildman–Crippen MR) is 89.7 cm³/mol. The van der Waals surface area contributed by atoms with Crippen LogP contribution in [0.5, 0.6) is 11.5 Å². The van der Waals surface area contributed by atoms with Gasteiger partial charge in [0, 0.05) is 11.1 Å². The Kier molecular flexibility index (Phi) is 4.39. The Morgan fingerprint density at radius 3 is 2.30 bits per heavy atom. The molecule has 3 aromatic rings. The Labute approximate surface area is 134 Å². The molecule has 0 aromatic heterocycles. The second-order valence-corrected chi connectivity index (χ2v) is 5.13. The van der Waals surface area contributed by atoms with E-state index in [4.69, 9.17) is 4.74 Å². The van der Waals surface area contributed by atoms with Crippen LogP contribution >= 0.6 is 0 Å². The van der Waals surface area contributed by atoms with Gasteiger partial charge in [0.1, 0.15) is 18.1 Å². The number of hydrogen-bond donors (Lipinski definition) is 1. The second kappa shape index (κ2) is 6.79. The lowest BCUT2D eigenvalue weighted by Gasteiger charge is -2.13. The molecule has 0 unspecified atom stereocenters. The van der Waals surface area contributed by atoms with Crippen molar-refractivity contribution in [3.05, 3.63) is 83.9 Å². The molecule has 0 radical (unpaired) electrons. The van der Waals surface area contributed by atoms with Crippen LogP contribution < -0.4 is 4.74 Å². The van der Waals surface area contributed by atoms with Crippen LogP contribution in [0.3, 0.4) is 0 Å². The van der Waals surface area contributed by atoms with E-state index in [2.05, 4.69) is 0 Å². The third-order valence-corrected chi connectivity index (χ3v) is 3.61. The van der Waals surface area contributed by atoms with Crippen molar-refractivity contribution in [2.45, 2.75) is 6.61 Å². The minimum atomic E-state index is -0.0294. The van der Waals surface area contributed by atoms with Crippen LogP contribution in [0.1, 0.15) is 15.9 Å². The van der Waals surface area contributed by atoms with Crippen LogP contribution in [-0.2, 0) is 6.61 Å². The molecule has 0 atom stereocenters. The largest absolute Gasteiger partial charge is 0.507 e. The van der Waals surface area contributed by atoms with Crippen LogP contribution in [0.15, 0.2) is 72.8 Å². The van der Waals surface area contributed by atoms with Gasteiger partial charge in [0.25, 0.3) is 0 Å². The molecule has 0 heterocycles. The van der Waals surface area contributed by atoms with Gasteiger partial charge in [-0.05, 0) is 17.7 Å². The first-order chi connectivity index (χ1) is 11.3. The van der Waals surface area contributed by atoms with E-state index in [0.29, 0.717) is 24.2 Å². The summed E-state index contributed by atoms with van der Waals surface area (Å²) in [5, 5.41) is 10.3. The number of benzene rings is 3. The van der Waals surface area contributed by atoms with Gasteiger partial charge in [0.15, 0.2) is 6.29 Å². The van der Waals surface area contributed by atoms with E-state index in [1.165, 1.54) is 0 Å². The standard InChI is InChI=1S/C20H16O3/c21-13-16-9-6-11-18(20(16)22)17-10-4-5-12-19(17)23-14-15-7-2-1-3-8-15/h1-13,22H,14H2. The van der Waals surface area contributed by atoms with Crippen molar-refractivity contribution in [3.63, 3.8) is 0 Å². The van der Waals surface area contributed by atoms with Crippen molar-refractivity contribution >= 4 is 6.29 Å². The molecule has 114 valence electrons. The molecule has 0 aliphatic heterocycles. The summed E-state index contributed by atoms with van der Waals surface area (Å²) in [4.78, 5) is 11.0. The number of phenols is 1. The zero-order valence-corrected chi connectivity index (χ0v) is 12.5. The average molecular weight is 304 g/mol. The molecule has 0 fully saturated rings. The molecule has 0 bridgehead atoms. The summed E-state index contributed by atoms with van der Waals surface area (Å²) in [6, 6.07) is 22.4. The van der Waals surface area contributed by atoms with Crippen LogP contribution in [-0.4, -0.2) is 11.4 Å². The van der Waals surface area contributed by atoms with Crippen LogP contribution in [0, 0.1) is 0 Å². The van der Waals surface area contributed by atoms with E-state index in [-0.39, 0.29) is 11.3 Å². The fourth-order valence-corrected chi connectivity index (χ4v) is 2.42. The molecule has 0 amide bonds. The van der Waals surface area contributed by atoms with Crippen molar-refractivity contribution in [1.29, 1.82) is 0 Å². The number of para-hydroxylation sites is 2. The zero-order chi connectivity index (χ0) is 16.1. The van der Waals surface area contributed by atoms with Crippen LogP contribution in [0.25, 0.3) is 11.1 Å². The normalized spacial score (nSPS) is 10.3. The summed E-state index contributed by atoms with van der Waals surface area (Å²) in [5.74, 6) is 0.632. The summed E-state index contributed by atoms with van der Waals surface area (Å²) in [5.41, 5.74) is 2.66. The number of carbonyl (C=O) groups excluding carboxylic acids is 1. The second-order valence-electron chi connectivity index (χ2n) is 5.13. The maximum atomic E-state index is 11.0. The number of hydrogen-bond acceptors (Lipinski definition) is 3. The van der Waals surface area contributed by atoms with Gasteiger partial charge < -0.3 is 9.84 Å². The van der Waals surface area contributed by atoms with Crippen LogP contribution in [0.4, 0.5) is 0 Å². The average Bonchev–Trinajstić information content (AvgIpc) is 2.61. The highest BCUT2D eigenvalue weighted by Gasteiger charge is 2.12. The number of rotatable bonds is 5.